The van der Waals surface area contributed by atoms with Crippen LogP contribution in [0.5, 0.6) is 0 Å². The van der Waals surface area contributed by atoms with E-state index >= 15 is 0 Å². The zero-order chi connectivity index (χ0) is 9.26. The van der Waals surface area contributed by atoms with Crippen molar-refractivity contribution in [1.29, 1.82) is 0 Å². The van der Waals surface area contributed by atoms with Crippen molar-refractivity contribution in [3.05, 3.63) is 12.2 Å². The van der Waals surface area contributed by atoms with Crippen molar-refractivity contribution in [2.45, 2.75) is 25.3 Å². The molecule has 0 bridgehead atoms. The fraction of sp³-hybridized carbons (Fsp3) is 0.700. The number of hydrogen-bond donors (Lipinski definition) is 2. The van der Waals surface area contributed by atoms with Gasteiger partial charge < -0.3 is 11.1 Å². The quantitative estimate of drug-likeness (QED) is 0.616. The molecule has 0 aliphatic heterocycles. The summed E-state index contributed by atoms with van der Waals surface area (Å²) in [7, 11) is 0. The van der Waals surface area contributed by atoms with Crippen LogP contribution >= 0.6 is 0 Å². The number of nitrogens with two attached hydrogens (primary N) is 1. The molecule has 3 atom stereocenters. The molecule has 1 saturated carbocycles. The second-order valence-corrected chi connectivity index (χ2v) is 4.01. The second kappa shape index (κ2) is 3.50. The summed E-state index contributed by atoms with van der Waals surface area (Å²) in [5.74, 6) is 1.39. The molecule has 0 aromatic carbocycles. The lowest BCUT2D eigenvalue weighted by atomic mass is 9.71. The average molecular weight is 180 g/mol. The Morgan fingerprint density at radius 1 is 1.62 bits per heavy atom. The number of amides is 1. The van der Waals surface area contributed by atoms with E-state index in [0.717, 1.165) is 18.4 Å². The number of rotatable bonds is 4. The molecule has 0 radical (unpaired) electrons. The number of hydrogen-bond acceptors (Lipinski definition) is 2. The lowest BCUT2D eigenvalue weighted by Crippen LogP contribution is -2.48. The number of carbonyl (C=O) groups is 1. The largest absolute Gasteiger partial charge is 0.370 e. The molecule has 2 aliphatic rings. The van der Waals surface area contributed by atoms with Crippen LogP contribution in [0, 0.1) is 11.8 Å². The van der Waals surface area contributed by atoms with Crippen molar-refractivity contribution in [3.63, 3.8) is 0 Å². The van der Waals surface area contributed by atoms with E-state index in [1.54, 1.807) is 0 Å². The van der Waals surface area contributed by atoms with Crippen molar-refractivity contribution >= 4 is 5.91 Å². The van der Waals surface area contributed by atoms with E-state index < -0.39 is 0 Å². The predicted octanol–water partition coefficient (Wildman–Crippen LogP) is 0.416. The first-order valence-electron chi connectivity index (χ1n) is 4.95. The Balaban J connectivity index is 1.67. The van der Waals surface area contributed by atoms with Gasteiger partial charge in [0.1, 0.15) is 0 Å². The number of nitrogens with one attached hydrogen (secondary N) is 1. The van der Waals surface area contributed by atoms with E-state index in [2.05, 4.69) is 17.5 Å². The minimum absolute atomic E-state index is 0.217. The van der Waals surface area contributed by atoms with Gasteiger partial charge >= 0.3 is 0 Å². The van der Waals surface area contributed by atoms with Crippen molar-refractivity contribution in [2.24, 2.45) is 17.6 Å². The molecule has 13 heavy (non-hydrogen) atoms. The third kappa shape index (κ3) is 1.75. The molecule has 2 rings (SSSR count). The SMILES string of the molecule is NC(=O)CCNC1CC2CC=CC21. The maximum Gasteiger partial charge on any atom is 0.218 e. The van der Waals surface area contributed by atoms with Gasteiger partial charge in [-0.3, -0.25) is 4.79 Å². The first kappa shape index (κ1) is 8.75. The van der Waals surface area contributed by atoms with Crippen LogP contribution in [-0.2, 0) is 4.79 Å². The van der Waals surface area contributed by atoms with Crippen LogP contribution in [0.1, 0.15) is 19.3 Å². The standard InChI is InChI=1S/C10H16N2O/c11-10(13)4-5-12-9-6-7-2-1-3-8(7)9/h1,3,7-9,12H,2,4-6H2,(H2,11,13). The Hall–Kier alpha value is -0.830. The monoisotopic (exact) mass is 180 g/mol. The summed E-state index contributed by atoms with van der Waals surface area (Å²) in [6.45, 7) is 0.733. The van der Waals surface area contributed by atoms with E-state index in [4.69, 9.17) is 5.73 Å². The molecule has 0 aromatic rings. The van der Waals surface area contributed by atoms with Crippen molar-refractivity contribution in [2.75, 3.05) is 6.54 Å². The molecule has 0 spiro atoms. The Morgan fingerprint density at radius 2 is 2.46 bits per heavy atom. The zero-order valence-electron chi connectivity index (χ0n) is 7.70. The van der Waals surface area contributed by atoms with Crippen molar-refractivity contribution < 1.29 is 4.79 Å². The fourth-order valence-corrected chi connectivity index (χ4v) is 2.33. The highest BCUT2D eigenvalue weighted by Crippen LogP contribution is 2.42. The number of allylic oxidation sites excluding steroid dienone is 1. The zero-order valence-corrected chi connectivity index (χ0v) is 7.70. The third-order valence-corrected chi connectivity index (χ3v) is 3.14. The van der Waals surface area contributed by atoms with Crippen LogP contribution in [0.15, 0.2) is 12.2 Å². The molecule has 2 aliphatic carbocycles. The van der Waals surface area contributed by atoms with Crippen LogP contribution in [0.3, 0.4) is 0 Å². The van der Waals surface area contributed by atoms with Gasteiger partial charge in [-0.25, -0.2) is 0 Å². The smallest absolute Gasteiger partial charge is 0.218 e. The van der Waals surface area contributed by atoms with Gasteiger partial charge in [-0.2, -0.15) is 0 Å². The lowest BCUT2D eigenvalue weighted by molar-refractivity contribution is -0.118. The van der Waals surface area contributed by atoms with Crippen LogP contribution in [0.25, 0.3) is 0 Å². The Kier molecular flexibility index (Phi) is 2.36. The minimum atomic E-state index is -0.217. The highest BCUT2D eigenvalue weighted by atomic mass is 16.1. The van der Waals surface area contributed by atoms with Gasteiger partial charge in [0.05, 0.1) is 0 Å². The van der Waals surface area contributed by atoms with Crippen LogP contribution in [-0.4, -0.2) is 18.5 Å². The summed E-state index contributed by atoms with van der Waals surface area (Å²) in [6.07, 6.45) is 7.54. The summed E-state index contributed by atoms with van der Waals surface area (Å²) in [5, 5.41) is 3.37. The molecule has 0 aromatic heterocycles. The first-order valence-corrected chi connectivity index (χ1v) is 4.95. The molecule has 1 fully saturated rings. The maximum atomic E-state index is 10.5. The summed E-state index contributed by atoms with van der Waals surface area (Å²) >= 11 is 0. The Morgan fingerprint density at radius 3 is 3.15 bits per heavy atom. The molecule has 1 amide bonds. The van der Waals surface area contributed by atoms with E-state index in [-0.39, 0.29) is 5.91 Å². The van der Waals surface area contributed by atoms with Gasteiger partial charge in [0.2, 0.25) is 5.91 Å². The summed E-state index contributed by atoms with van der Waals surface area (Å²) in [6, 6.07) is 0.600. The van der Waals surface area contributed by atoms with E-state index in [0.29, 0.717) is 12.5 Å². The van der Waals surface area contributed by atoms with Gasteiger partial charge in [-0.1, -0.05) is 12.2 Å². The highest BCUT2D eigenvalue weighted by Gasteiger charge is 2.40. The van der Waals surface area contributed by atoms with Gasteiger partial charge in [0, 0.05) is 19.0 Å². The molecule has 72 valence electrons. The summed E-state index contributed by atoms with van der Waals surface area (Å²) in [4.78, 5) is 10.5. The van der Waals surface area contributed by atoms with Gasteiger partial charge in [0.15, 0.2) is 0 Å². The molecular weight excluding hydrogens is 164 g/mol. The highest BCUT2D eigenvalue weighted by molar-refractivity contribution is 5.73. The first-order chi connectivity index (χ1) is 6.27. The normalized spacial score (nSPS) is 35.5. The summed E-state index contributed by atoms with van der Waals surface area (Å²) in [5.41, 5.74) is 5.05. The van der Waals surface area contributed by atoms with E-state index in [9.17, 15) is 4.79 Å². The van der Waals surface area contributed by atoms with Crippen LogP contribution in [0.4, 0.5) is 0 Å². The second-order valence-electron chi connectivity index (χ2n) is 4.01. The number of carbonyl (C=O) groups excluding carboxylic acids is 1. The van der Waals surface area contributed by atoms with Crippen molar-refractivity contribution in [3.8, 4) is 0 Å². The van der Waals surface area contributed by atoms with Gasteiger partial charge in [-0.15, -0.1) is 0 Å². The van der Waals surface area contributed by atoms with Gasteiger partial charge in [-0.05, 0) is 24.7 Å². The molecule has 0 heterocycles. The molecule has 3 nitrogen and oxygen atoms in total. The predicted molar refractivity (Wildman–Crippen MR) is 51.0 cm³/mol. The Bertz CT molecular complexity index is 237. The fourth-order valence-electron chi connectivity index (χ4n) is 2.33. The van der Waals surface area contributed by atoms with Crippen molar-refractivity contribution in [1.82, 2.24) is 5.32 Å². The molecule has 3 unspecified atom stereocenters. The third-order valence-electron chi connectivity index (χ3n) is 3.14. The molecule has 3 N–H and O–H groups in total. The minimum Gasteiger partial charge on any atom is -0.370 e. The molecule has 3 heteroatoms. The van der Waals surface area contributed by atoms with Gasteiger partial charge in [0.25, 0.3) is 0 Å². The Labute approximate surface area is 78.4 Å². The average Bonchev–Trinajstić information content (AvgIpc) is 2.40. The number of primary amides is 1. The maximum absolute atomic E-state index is 10.5. The molecule has 0 saturated heterocycles. The van der Waals surface area contributed by atoms with E-state index in [1.165, 1.54) is 12.8 Å². The lowest BCUT2D eigenvalue weighted by Gasteiger charge is -2.40. The molecular formula is C10H16N2O. The number of fused-ring (bicyclic) bond motifs is 1. The van der Waals surface area contributed by atoms with E-state index in [1.807, 2.05) is 0 Å². The summed E-state index contributed by atoms with van der Waals surface area (Å²) < 4.78 is 0. The van der Waals surface area contributed by atoms with Crippen LogP contribution < -0.4 is 11.1 Å². The van der Waals surface area contributed by atoms with Crippen LogP contribution in [0.2, 0.25) is 0 Å². The topological polar surface area (TPSA) is 55.1 Å².